The highest BCUT2D eigenvalue weighted by atomic mass is 32.2. The van der Waals surface area contributed by atoms with Gasteiger partial charge in [0.1, 0.15) is 6.17 Å². The summed E-state index contributed by atoms with van der Waals surface area (Å²) < 4.78 is 65.9. The van der Waals surface area contributed by atoms with E-state index >= 15 is 0 Å². The zero-order valence-corrected chi connectivity index (χ0v) is 23.2. The molecule has 2 aromatic rings. The number of amides is 1. The summed E-state index contributed by atoms with van der Waals surface area (Å²) in [7, 11) is -3.02. The van der Waals surface area contributed by atoms with Gasteiger partial charge in [-0.25, -0.2) is 26.6 Å². The molecule has 1 aromatic carbocycles. The highest BCUT2D eigenvalue weighted by Gasteiger charge is 2.55. The molecule has 2 saturated carbocycles. The topological polar surface area (TPSA) is 117 Å². The molecular weight excluding hydrogens is 549 g/mol. The Labute approximate surface area is 230 Å². The minimum atomic E-state index is -3.02. The third-order valence-corrected chi connectivity index (χ3v) is 11.5. The van der Waals surface area contributed by atoms with Gasteiger partial charge in [-0.1, -0.05) is 12.1 Å². The van der Waals surface area contributed by atoms with E-state index in [1.165, 1.54) is 11.3 Å². The van der Waals surface area contributed by atoms with Crippen molar-refractivity contribution in [3.63, 3.8) is 0 Å². The molecule has 0 spiro atoms. The van der Waals surface area contributed by atoms with Crippen LogP contribution in [-0.4, -0.2) is 56.0 Å². The molecule has 1 aromatic heterocycles. The summed E-state index contributed by atoms with van der Waals surface area (Å²) in [6.45, 7) is 2.36. The van der Waals surface area contributed by atoms with Gasteiger partial charge in [-0.15, -0.1) is 11.3 Å². The van der Waals surface area contributed by atoms with Crippen molar-refractivity contribution in [1.29, 1.82) is 5.26 Å². The predicted octanol–water partition coefficient (Wildman–Crippen LogP) is 4.79. The number of nitrogens with two attached hydrogens (primary N) is 1. The van der Waals surface area contributed by atoms with Gasteiger partial charge in [0, 0.05) is 43.5 Å². The highest BCUT2D eigenvalue weighted by Crippen LogP contribution is 2.57. The van der Waals surface area contributed by atoms with Crippen LogP contribution >= 0.6 is 11.3 Å². The van der Waals surface area contributed by atoms with Crippen LogP contribution in [0.2, 0.25) is 0 Å². The van der Waals surface area contributed by atoms with Crippen LogP contribution in [0.15, 0.2) is 24.3 Å². The molecular formula is C27H31F3N4O3S2. The second-order valence-electron chi connectivity index (χ2n) is 11.1. The van der Waals surface area contributed by atoms with Crippen LogP contribution in [0.1, 0.15) is 61.6 Å². The molecule has 0 bridgehead atoms. The van der Waals surface area contributed by atoms with E-state index in [4.69, 9.17) is 10.7 Å². The number of nitriles is 1. The van der Waals surface area contributed by atoms with E-state index in [9.17, 15) is 31.6 Å². The second-order valence-corrected chi connectivity index (χ2v) is 14.4. The molecule has 1 saturated heterocycles. The number of halogens is 3. The van der Waals surface area contributed by atoms with Crippen LogP contribution in [0.4, 0.5) is 18.9 Å². The molecule has 210 valence electrons. The van der Waals surface area contributed by atoms with Crippen molar-refractivity contribution in [3.05, 3.63) is 35.0 Å². The molecule has 3 fully saturated rings. The summed E-state index contributed by atoms with van der Waals surface area (Å²) in [5, 5.41) is 10.3. The van der Waals surface area contributed by atoms with Gasteiger partial charge in [-0.05, 0) is 43.9 Å². The molecule has 7 nitrogen and oxygen atoms in total. The Bertz CT molecular complexity index is 1380. The van der Waals surface area contributed by atoms with Gasteiger partial charge in [-0.3, -0.25) is 4.79 Å². The predicted molar refractivity (Wildman–Crippen MR) is 143 cm³/mol. The smallest absolute Gasteiger partial charge is 0.249 e. The minimum Gasteiger partial charge on any atom is -0.369 e. The van der Waals surface area contributed by atoms with Crippen molar-refractivity contribution >= 4 is 32.8 Å². The Kier molecular flexibility index (Phi) is 7.21. The Balaban J connectivity index is 1.55. The maximum absolute atomic E-state index is 14.7. The standard InChI is InChI=1S/C27H31F3N4O3S2/c1-16(15-31)27(25(32)35)14-19(28)4-7-21(27)22-23(38-24(33-22)18-12-26(29,30)13-18)17-2-5-20(6-3-17)34-8-10-39(36,37)11-9-34/h2-3,5-6,16,18-19,21H,4,7-14H2,1H3,(H2,32,35)/t16-,19?,21?,27?/m1/s1. The first-order chi connectivity index (χ1) is 18.3. The van der Waals surface area contributed by atoms with Crippen LogP contribution in [0.3, 0.4) is 0 Å². The molecule has 1 aliphatic heterocycles. The zero-order chi connectivity index (χ0) is 28.2. The number of alkyl halides is 3. The fourth-order valence-electron chi connectivity index (χ4n) is 6.27. The first-order valence-electron chi connectivity index (χ1n) is 13.1. The number of aromatic nitrogens is 1. The molecule has 0 radical (unpaired) electrons. The molecule has 3 aliphatic rings. The number of hydrogen-bond donors (Lipinski definition) is 1. The van der Waals surface area contributed by atoms with Gasteiger partial charge in [0.05, 0.1) is 44.5 Å². The molecule has 3 unspecified atom stereocenters. The Hall–Kier alpha value is -2.65. The van der Waals surface area contributed by atoms with Crippen molar-refractivity contribution in [2.24, 2.45) is 17.1 Å². The number of sulfone groups is 1. The molecule has 2 aliphatic carbocycles. The van der Waals surface area contributed by atoms with E-state index in [0.29, 0.717) is 28.7 Å². The van der Waals surface area contributed by atoms with Gasteiger partial charge in [0.25, 0.3) is 0 Å². The fourth-order valence-corrected chi connectivity index (χ4v) is 8.71. The SMILES string of the molecule is C[C@H](C#N)C1(C(N)=O)CC(F)CCC1c1nc(C2CC(F)(F)C2)sc1-c1ccc(N2CCS(=O)(=O)CC2)cc1. The van der Waals surface area contributed by atoms with Gasteiger partial charge in [0.15, 0.2) is 9.84 Å². The fraction of sp³-hybridized carbons (Fsp3) is 0.593. The number of nitrogens with zero attached hydrogens (tertiary/aromatic N) is 3. The van der Waals surface area contributed by atoms with E-state index in [1.54, 1.807) is 6.92 Å². The molecule has 39 heavy (non-hydrogen) atoms. The van der Waals surface area contributed by atoms with Crippen molar-refractivity contribution in [1.82, 2.24) is 4.98 Å². The monoisotopic (exact) mass is 580 g/mol. The normalized spacial score (nSPS) is 29.3. The number of carbonyl (C=O) groups is 1. The Morgan fingerprint density at radius 1 is 1.18 bits per heavy atom. The lowest BCUT2D eigenvalue weighted by molar-refractivity contribution is -0.135. The largest absolute Gasteiger partial charge is 0.369 e. The Morgan fingerprint density at radius 2 is 1.82 bits per heavy atom. The van der Waals surface area contributed by atoms with Gasteiger partial charge in [-0.2, -0.15) is 5.26 Å². The van der Waals surface area contributed by atoms with E-state index in [2.05, 4.69) is 6.07 Å². The molecule has 1 amide bonds. The van der Waals surface area contributed by atoms with Crippen LogP contribution in [-0.2, 0) is 14.6 Å². The number of anilines is 1. The van der Waals surface area contributed by atoms with Crippen LogP contribution in [0, 0.1) is 22.7 Å². The summed E-state index contributed by atoms with van der Waals surface area (Å²) >= 11 is 1.30. The molecule has 2 N–H and O–H groups in total. The summed E-state index contributed by atoms with van der Waals surface area (Å²) in [6, 6.07) is 9.61. The summed E-state index contributed by atoms with van der Waals surface area (Å²) in [6.07, 6.45) is -1.64. The first-order valence-corrected chi connectivity index (χ1v) is 15.8. The quantitative estimate of drug-likeness (QED) is 0.525. The number of carbonyl (C=O) groups excluding carboxylic acids is 1. The number of primary amides is 1. The number of hydrogen-bond acceptors (Lipinski definition) is 7. The lowest BCUT2D eigenvalue weighted by Gasteiger charge is -2.44. The van der Waals surface area contributed by atoms with E-state index < -0.39 is 51.0 Å². The minimum absolute atomic E-state index is 0.0899. The zero-order valence-electron chi connectivity index (χ0n) is 21.6. The molecule has 2 heterocycles. The average Bonchev–Trinajstić information content (AvgIpc) is 3.31. The van der Waals surface area contributed by atoms with Gasteiger partial charge in [0.2, 0.25) is 11.8 Å². The first kappa shape index (κ1) is 27.9. The lowest BCUT2D eigenvalue weighted by atomic mass is 9.58. The lowest BCUT2D eigenvalue weighted by Crippen LogP contribution is -2.50. The number of benzene rings is 1. The highest BCUT2D eigenvalue weighted by molar-refractivity contribution is 7.91. The maximum Gasteiger partial charge on any atom is 0.249 e. The summed E-state index contributed by atoms with van der Waals surface area (Å²) in [4.78, 5) is 20.5. The van der Waals surface area contributed by atoms with E-state index in [-0.39, 0.29) is 43.6 Å². The Morgan fingerprint density at radius 3 is 2.38 bits per heavy atom. The van der Waals surface area contributed by atoms with Crippen LogP contribution in [0.25, 0.3) is 10.4 Å². The van der Waals surface area contributed by atoms with Crippen molar-refractivity contribution in [3.8, 4) is 16.5 Å². The van der Waals surface area contributed by atoms with Gasteiger partial charge >= 0.3 is 0 Å². The average molecular weight is 581 g/mol. The summed E-state index contributed by atoms with van der Waals surface area (Å²) in [5.41, 5.74) is 6.55. The summed E-state index contributed by atoms with van der Waals surface area (Å²) in [5.74, 6) is -5.24. The number of thiazole rings is 1. The third kappa shape index (κ3) is 5.15. The van der Waals surface area contributed by atoms with Crippen molar-refractivity contribution in [2.45, 2.75) is 63.0 Å². The van der Waals surface area contributed by atoms with Crippen molar-refractivity contribution < 1.29 is 26.4 Å². The van der Waals surface area contributed by atoms with Crippen LogP contribution in [0.5, 0.6) is 0 Å². The molecule has 4 atom stereocenters. The van der Waals surface area contributed by atoms with Crippen molar-refractivity contribution in [2.75, 3.05) is 29.5 Å². The second kappa shape index (κ2) is 10.1. The van der Waals surface area contributed by atoms with E-state index in [0.717, 1.165) is 11.3 Å². The van der Waals surface area contributed by atoms with E-state index in [1.807, 2.05) is 29.2 Å². The third-order valence-electron chi connectivity index (χ3n) is 8.65. The molecule has 5 rings (SSSR count). The maximum atomic E-state index is 14.7. The van der Waals surface area contributed by atoms with Gasteiger partial charge < -0.3 is 10.6 Å². The van der Waals surface area contributed by atoms with Crippen LogP contribution < -0.4 is 10.6 Å². The number of rotatable bonds is 6. The molecule has 12 heteroatoms.